The molecule has 0 unspecified atom stereocenters. The first-order valence-corrected chi connectivity index (χ1v) is 8.70. The van der Waals surface area contributed by atoms with Gasteiger partial charge >= 0.3 is 12.2 Å². The van der Waals surface area contributed by atoms with Gasteiger partial charge in [0, 0.05) is 23.4 Å². The monoisotopic (exact) mass is 382 g/mol. The predicted molar refractivity (Wildman–Crippen MR) is 101 cm³/mol. The summed E-state index contributed by atoms with van der Waals surface area (Å²) in [6.07, 6.45) is -3.62. The number of benzene rings is 1. The zero-order chi connectivity index (χ0) is 23.6. The fraction of sp³-hybridized carbons (Fsp3) is 0.600. The van der Waals surface area contributed by atoms with Crippen LogP contribution in [-0.2, 0) is 20.8 Å². The van der Waals surface area contributed by atoms with Gasteiger partial charge in [-0.25, -0.2) is 9.59 Å². The summed E-state index contributed by atoms with van der Waals surface area (Å²) in [6.45, 7) is -0.220. The first-order valence-electron chi connectivity index (χ1n) is 10.7. The van der Waals surface area contributed by atoms with Crippen molar-refractivity contribution >= 4 is 12.2 Å². The third kappa shape index (κ3) is 6.13. The van der Waals surface area contributed by atoms with Crippen LogP contribution < -0.4 is 0 Å². The lowest BCUT2D eigenvalue weighted by molar-refractivity contribution is -0.0399. The van der Waals surface area contributed by atoms with E-state index < -0.39 is 42.9 Å². The molecule has 0 spiro atoms. The Labute approximate surface area is 166 Å². The van der Waals surface area contributed by atoms with E-state index in [1.807, 2.05) is 18.2 Å². The third-order valence-electron chi connectivity index (χ3n) is 3.88. The molecule has 1 aliphatic rings. The van der Waals surface area contributed by atoms with Gasteiger partial charge in [0.25, 0.3) is 0 Å². The molecule has 27 heavy (non-hydrogen) atoms. The van der Waals surface area contributed by atoms with E-state index in [2.05, 4.69) is 0 Å². The van der Waals surface area contributed by atoms with Crippen LogP contribution in [-0.4, -0.2) is 66.9 Å². The molecule has 1 aromatic rings. The van der Waals surface area contributed by atoms with Gasteiger partial charge in [-0.3, -0.25) is 0 Å². The molecule has 2 atom stereocenters. The minimum absolute atomic E-state index is 0.0121. The van der Waals surface area contributed by atoms with Crippen molar-refractivity contribution in [3.8, 4) is 0 Å². The lowest BCUT2D eigenvalue weighted by Gasteiger charge is -2.41. The average Bonchev–Trinajstić information content (AvgIpc) is 2.63. The zero-order valence-corrected chi connectivity index (χ0v) is 16.4. The molecule has 0 bridgehead atoms. The number of carbonyl (C=O) groups excluding carboxylic acids is 2. The fourth-order valence-electron chi connectivity index (χ4n) is 2.48. The highest BCUT2D eigenvalue weighted by molar-refractivity contribution is 5.69. The van der Waals surface area contributed by atoms with Gasteiger partial charge in [-0.15, -0.1) is 0 Å². The summed E-state index contributed by atoms with van der Waals surface area (Å²) in [5.41, 5.74) is -0.168. The number of amides is 2. The summed E-state index contributed by atoms with van der Waals surface area (Å²) in [5, 5.41) is 0. The third-order valence-corrected chi connectivity index (χ3v) is 3.88. The molecule has 0 N–H and O–H groups in total. The van der Waals surface area contributed by atoms with Crippen LogP contribution in [0.15, 0.2) is 30.3 Å². The van der Waals surface area contributed by atoms with Gasteiger partial charge in [0.15, 0.2) is 0 Å². The number of nitrogens with zero attached hydrogens (tertiary/aromatic N) is 2. The molecule has 2 amide bonds. The van der Waals surface area contributed by atoms with Gasteiger partial charge in [-0.1, -0.05) is 30.3 Å². The van der Waals surface area contributed by atoms with E-state index in [0.29, 0.717) is 4.90 Å². The number of piperidine rings is 1. The molecule has 0 aliphatic carbocycles. The molecule has 1 heterocycles. The molecule has 1 aliphatic heterocycles. The Morgan fingerprint density at radius 3 is 2.56 bits per heavy atom. The van der Waals surface area contributed by atoms with Crippen molar-refractivity contribution in [2.24, 2.45) is 0 Å². The number of hydrogen-bond donors (Lipinski definition) is 0. The van der Waals surface area contributed by atoms with Gasteiger partial charge < -0.3 is 24.0 Å². The second-order valence-electron chi connectivity index (χ2n) is 7.18. The molecule has 1 aromatic carbocycles. The van der Waals surface area contributed by atoms with Crippen molar-refractivity contribution in [3.05, 3.63) is 35.9 Å². The van der Waals surface area contributed by atoms with E-state index in [9.17, 15) is 9.59 Å². The molecule has 7 heteroatoms. The first kappa shape index (κ1) is 15.7. The fourth-order valence-corrected chi connectivity index (χ4v) is 2.48. The van der Waals surface area contributed by atoms with E-state index in [1.165, 1.54) is 14.2 Å². The van der Waals surface area contributed by atoms with Crippen LogP contribution in [0.25, 0.3) is 0 Å². The Morgan fingerprint density at radius 1 is 1.30 bits per heavy atom. The van der Waals surface area contributed by atoms with Crippen molar-refractivity contribution in [1.29, 1.82) is 0 Å². The summed E-state index contributed by atoms with van der Waals surface area (Å²) in [7, 11) is 2.63. The molecule has 1 saturated heterocycles. The minimum atomic E-state index is -2.60. The number of carbonyl (C=O) groups is 2. The molecule has 150 valence electrons. The van der Waals surface area contributed by atoms with Crippen molar-refractivity contribution in [2.75, 3.05) is 27.2 Å². The molecule has 0 radical (unpaired) electrons. The van der Waals surface area contributed by atoms with Crippen molar-refractivity contribution in [2.45, 2.75) is 51.5 Å². The van der Waals surface area contributed by atoms with Crippen LogP contribution in [0, 0.1) is 0 Å². The predicted octanol–water partition coefficient (Wildman–Crippen LogP) is 3.28. The molecule has 1 fully saturated rings. The zero-order valence-electron chi connectivity index (χ0n) is 20.4. The van der Waals surface area contributed by atoms with E-state index in [-0.39, 0.29) is 13.0 Å². The Morgan fingerprint density at radius 2 is 1.96 bits per heavy atom. The number of hydrogen-bond acceptors (Lipinski definition) is 5. The van der Waals surface area contributed by atoms with E-state index in [0.717, 1.165) is 10.5 Å². The number of likely N-dealkylation sites (tertiary alicyclic amines) is 1. The van der Waals surface area contributed by atoms with Crippen LogP contribution in [0.1, 0.15) is 38.2 Å². The van der Waals surface area contributed by atoms with E-state index in [4.69, 9.17) is 19.7 Å². The molecular formula is C20H30N2O5. The molecule has 2 rings (SSSR count). The summed E-state index contributed by atoms with van der Waals surface area (Å²) in [5.74, 6) is 0. The average molecular weight is 382 g/mol. The lowest BCUT2D eigenvalue weighted by atomic mass is 10.0. The molecule has 7 nitrogen and oxygen atoms in total. The normalized spacial score (nSPS) is 26.0. The largest absolute Gasteiger partial charge is 0.445 e. The van der Waals surface area contributed by atoms with Crippen molar-refractivity contribution in [3.63, 3.8) is 0 Å². The number of likely N-dealkylation sites (N-methyl/N-ethyl adjacent to an activating group) is 1. The van der Waals surface area contributed by atoms with Crippen molar-refractivity contribution in [1.82, 2.24) is 9.80 Å². The van der Waals surface area contributed by atoms with Crippen LogP contribution >= 0.6 is 0 Å². The number of rotatable bonds is 4. The smallest absolute Gasteiger partial charge is 0.410 e. The number of methoxy groups -OCH3 is 1. The minimum Gasteiger partial charge on any atom is -0.445 e. The van der Waals surface area contributed by atoms with E-state index >= 15 is 0 Å². The maximum Gasteiger partial charge on any atom is 0.410 e. The van der Waals surface area contributed by atoms with Crippen LogP contribution in [0.4, 0.5) is 9.59 Å². The second-order valence-corrected chi connectivity index (χ2v) is 7.18. The summed E-state index contributed by atoms with van der Waals surface area (Å²) >= 11 is 0. The first-order chi connectivity index (χ1) is 14.2. The Kier molecular flexibility index (Phi) is 5.30. The van der Waals surface area contributed by atoms with Gasteiger partial charge in [-0.05, 0) is 32.8 Å². The summed E-state index contributed by atoms with van der Waals surface area (Å²) < 4.78 is 49.5. The Hall–Kier alpha value is -2.28. The SMILES string of the molecule is [2H]C1([2H])C[C@@H](N(C)C(=O)OCc2ccccc2)[C@H](OC)C([2H])([2H])N1C(=O)OC(C)(C)C. The maximum atomic E-state index is 12.6. The second kappa shape index (κ2) is 9.08. The summed E-state index contributed by atoms with van der Waals surface area (Å²) in [4.78, 5) is 26.8. The van der Waals surface area contributed by atoms with E-state index in [1.54, 1.807) is 32.9 Å². The number of ether oxygens (including phenoxy) is 3. The Bertz CT molecular complexity index is 786. The highest BCUT2D eigenvalue weighted by Crippen LogP contribution is 2.21. The van der Waals surface area contributed by atoms with Crippen LogP contribution in [0.2, 0.25) is 0 Å². The van der Waals surface area contributed by atoms with Gasteiger partial charge in [-0.2, -0.15) is 0 Å². The van der Waals surface area contributed by atoms with Crippen LogP contribution in [0.3, 0.4) is 0 Å². The highest BCUT2D eigenvalue weighted by atomic mass is 16.6. The lowest BCUT2D eigenvalue weighted by Crippen LogP contribution is -2.57. The molecule has 0 aromatic heterocycles. The van der Waals surface area contributed by atoms with Gasteiger partial charge in [0.2, 0.25) is 0 Å². The highest BCUT2D eigenvalue weighted by Gasteiger charge is 2.37. The van der Waals surface area contributed by atoms with Crippen LogP contribution in [0.5, 0.6) is 0 Å². The Balaban J connectivity index is 2.23. The summed E-state index contributed by atoms with van der Waals surface area (Å²) in [6, 6.07) is 8.01. The van der Waals surface area contributed by atoms with Gasteiger partial charge in [0.1, 0.15) is 12.2 Å². The van der Waals surface area contributed by atoms with Gasteiger partial charge in [0.05, 0.1) is 21.4 Å². The maximum absolute atomic E-state index is 12.6. The standard InChI is InChI=1S/C20H30N2O5/c1-20(2,3)27-19(24)22-12-11-16(17(13-22)25-5)21(4)18(23)26-14-15-9-7-6-8-10-15/h6-10,16-17H,11-14H2,1-5H3/t16-,17-/m1/s1/i12D2,13D2. The quantitative estimate of drug-likeness (QED) is 0.799. The molecular weight excluding hydrogens is 348 g/mol. The topological polar surface area (TPSA) is 68.3 Å². The van der Waals surface area contributed by atoms with Crippen molar-refractivity contribution < 1.29 is 29.3 Å². The molecule has 0 saturated carbocycles.